The third-order valence-electron chi connectivity index (χ3n) is 8.80. The Labute approximate surface area is 308 Å². The molecular weight excluding hydrogens is 624 g/mol. The molecule has 2 atom stereocenters. The van der Waals surface area contributed by atoms with Gasteiger partial charge in [0.15, 0.2) is 0 Å². The second-order valence-corrected chi connectivity index (χ2v) is 14.4. The van der Waals surface area contributed by atoms with Crippen molar-refractivity contribution in [2.45, 2.75) is 200 Å². The highest BCUT2D eigenvalue weighted by molar-refractivity contribution is 5.69. The Kier molecular flexibility index (Phi) is 36.4. The Morgan fingerprint density at radius 2 is 0.900 bits per heavy atom. The summed E-state index contributed by atoms with van der Waals surface area (Å²) in [5.41, 5.74) is 0. The fourth-order valence-corrected chi connectivity index (χ4v) is 5.69. The topological polar surface area (TPSA) is 93.1 Å². The number of allylic oxidation sites excluding steroid dienone is 7. The van der Waals surface area contributed by atoms with E-state index in [0.717, 1.165) is 70.1 Å². The maximum absolute atomic E-state index is 12.0. The highest BCUT2D eigenvalue weighted by Crippen LogP contribution is 2.15. The number of ether oxygens (including phenoxy) is 2. The van der Waals surface area contributed by atoms with Crippen molar-refractivity contribution < 1.29 is 29.3 Å². The summed E-state index contributed by atoms with van der Waals surface area (Å²) in [6, 6.07) is 0. The van der Waals surface area contributed by atoms with Crippen molar-refractivity contribution in [1.82, 2.24) is 0 Å². The first-order chi connectivity index (χ1) is 24.3. The van der Waals surface area contributed by atoms with Crippen LogP contribution in [0.3, 0.4) is 0 Å². The van der Waals surface area contributed by atoms with Gasteiger partial charge >= 0.3 is 11.9 Å². The van der Waals surface area contributed by atoms with Crippen LogP contribution in [0.25, 0.3) is 0 Å². The lowest BCUT2D eigenvalue weighted by atomic mass is 10.0. The molecule has 6 nitrogen and oxygen atoms in total. The van der Waals surface area contributed by atoms with Gasteiger partial charge in [0.25, 0.3) is 0 Å². The molecular formula is C44H78O6. The summed E-state index contributed by atoms with van der Waals surface area (Å²) in [4.78, 5) is 23.9. The van der Waals surface area contributed by atoms with Crippen molar-refractivity contribution in [3.8, 4) is 0 Å². The average Bonchev–Trinajstić information content (AvgIpc) is 3.09. The maximum Gasteiger partial charge on any atom is 0.305 e. The zero-order chi connectivity index (χ0) is 36.8. The molecule has 0 rings (SSSR count). The molecule has 50 heavy (non-hydrogen) atoms. The quantitative estimate of drug-likeness (QED) is 0.0383. The summed E-state index contributed by atoms with van der Waals surface area (Å²) in [5, 5.41) is 19.7. The minimum absolute atomic E-state index is 0.141. The number of unbranched alkanes of at least 4 members (excludes halogenated alkanes) is 15. The fourth-order valence-electron chi connectivity index (χ4n) is 5.69. The first kappa shape index (κ1) is 47.8. The molecule has 0 amide bonds. The van der Waals surface area contributed by atoms with E-state index in [9.17, 15) is 19.8 Å². The zero-order valence-electron chi connectivity index (χ0n) is 32.7. The SMILES string of the molecule is CCCC(O)C/C=C\C/C=C\C/C=C\C/C=C\CCCC(=O)OC[C@H](O)COC(=O)CCCCCCCCCCCCCCCCCC(C)C. The number of carbonyl (C=O) groups excluding carboxylic acids is 2. The second kappa shape index (κ2) is 38.1. The lowest BCUT2D eigenvalue weighted by molar-refractivity contribution is -0.152. The van der Waals surface area contributed by atoms with E-state index in [2.05, 4.69) is 69.4 Å². The summed E-state index contributed by atoms with van der Waals surface area (Å²) in [7, 11) is 0. The Bertz CT molecular complexity index is 874. The van der Waals surface area contributed by atoms with Gasteiger partial charge in [0, 0.05) is 12.8 Å². The van der Waals surface area contributed by atoms with Gasteiger partial charge in [-0.25, -0.2) is 0 Å². The molecule has 0 aromatic heterocycles. The van der Waals surface area contributed by atoms with Crippen LogP contribution >= 0.6 is 0 Å². The first-order valence-electron chi connectivity index (χ1n) is 20.6. The highest BCUT2D eigenvalue weighted by Gasteiger charge is 2.12. The van der Waals surface area contributed by atoms with Gasteiger partial charge in [-0.15, -0.1) is 0 Å². The predicted octanol–water partition coefficient (Wildman–Crippen LogP) is 11.8. The monoisotopic (exact) mass is 703 g/mol. The number of hydrogen-bond donors (Lipinski definition) is 2. The largest absolute Gasteiger partial charge is 0.463 e. The molecule has 0 fully saturated rings. The number of esters is 2. The second-order valence-electron chi connectivity index (χ2n) is 14.4. The zero-order valence-corrected chi connectivity index (χ0v) is 32.7. The number of hydrogen-bond acceptors (Lipinski definition) is 6. The number of aliphatic hydroxyl groups is 2. The van der Waals surface area contributed by atoms with Crippen molar-refractivity contribution in [2.75, 3.05) is 13.2 Å². The summed E-state index contributed by atoms with van der Waals surface area (Å²) in [5.74, 6) is 0.204. The predicted molar refractivity (Wildman–Crippen MR) is 211 cm³/mol. The molecule has 0 spiro atoms. The normalized spacial score (nSPS) is 13.4. The van der Waals surface area contributed by atoms with E-state index < -0.39 is 6.10 Å². The molecule has 2 N–H and O–H groups in total. The van der Waals surface area contributed by atoms with Gasteiger partial charge in [0.1, 0.15) is 19.3 Å². The van der Waals surface area contributed by atoms with Gasteiger partial charge in [0.05, 0.1) is 6.10 Å². The molecule has 0 saturated heterocycles. The van der Waals surface area contributed by atoms with Crippen LogP contribution in [0.1, 0.15) is 188 Å². The lowest BCUT2D eigenvalue weighted by Gasteiger charge is -2.12. The van der Waals surface area contributed by atoms with Crippen LogP contribution in [0.2, 0.25) is 0 Å². The minimum Gasteiger partial charge on any atom is -0.463 e. The Morgan fingerprint density at radius 1 is 0.500 bits per heavy atom. The van der Waals surface area contributed by atoms with Crippen molar-refractivity contribution in [3.05, 3.63) is 48.6 Å². The van der Waals surface area contributed by atoms with Crippen molar-refractivity contribution >= 4 is 11.9 Å². The van der Waals surface area contributed by atoms with Crippen LogP contribution in [0.15, 0.2) is 48.6 Å². The van der Waals surface area contributed by atoms with Gasteiger partial charge in [-0.1, -0.05) is 172 Å². The summed E-state index contributed by atoms with van der Waals surface area (Å²) < 4.78 is 10.3. The van der Waals surface area contributed by atoms with Gasteiger partial charge in [-0.3, -0.25) is 9.59 Å². The van der Waals surface area contributed by atoms with E-state index in [1.165, 1.54) is 83.5 Å². The fraction of sp³-hybridized carbons (Fsp3) is 0.773. The number of rotatable bonds is 36. The van der Waals surface area contributed by atoms with Gasteiger partial charge in [0.2, 0.25) is 0 Å². The van der Waals surface area contributed by atoms with Crippen LogP contribution in [0.4, 0.5) is 0 Å². The molecule has 0 bridgehead atoms. The van der Waals surface area contributed by atoms with Gasteiger partial charge in [-0.05, 0) is 57.3 Å². The lowest BCUT2D eigenvalue weighted by Crippen LogP contribution is -2.25. The van der Waals surface area contributed by atoms with E-state index in [4.69, 9.17) is 9.47 Å². The summed E-state index contributed by atoms with van der Waals surface area (Å²) in [6.07, 6.45) is 43.8. The Morgan fingerprint density at radius 3 is 1.36 bits per heavy atom. The molecule has 1 unspecified atom stereocenters. The van der Waals surface area contributed by atoms with E-state index in [0.29, 0.717) is 19.3 Å². The Hall–Kier alpha value is -2.18. The molecule has 290 valence electrons. The van der Waals surface area contributed by atoms with Crippen LogP contribution in [-0.4, -0.2) is 47.6 Å². The Balaban J connectivity index is 3.53. The smallest absolute Gasteiger partial charge is 0.305 e. The van der Waals surface area contributed by atoms with E-state index >= 15 is 0 Å². The molecule has 6 heteroatoms. The van der Waals surface area contributed by atoms with Crippen LogP contribution in [0, 0.1) is 5.92 Å². The third kappa shape index (κ3) is 38.6. The molecule has 0 aliphatic heterocycles. The third-order valence-corrected chi connectivity index (χ3v) is 8.80. The van der Waals surface area contributed by atoms with Crippen molar-refractivity contribution in [1.29, 1.82) is 0 Å². The van der Waals surface area contributed by atoms with E-state index in [1.54, 1.807) is 0 Å². The molecule has 0 aliphatic rings. The average molecular weight is 703 g/mol. The van der Waals surface area contributed by atoms with Crippen molar-refractivity contribution in [3.63, 3.8) is 0 Å². The summed E-state index contributed by atoms with van der Waals surface area (Å²) in [6.45, 7) is 6.42. The minimum atomic E-state index is -0.995. The van der Waals surface area contributed by atoms with E-state index in [1.807, 2.05) is 0 Å². The van der Waals surface area contributed by atoms with Gasteiger partial charge < -0.3 is 19.7 Å². The van der Waals surface area contributed by atoms with Crippen LogP contribution < -0.4 is 0 Å². The van der Waals surface area contributed by atoms with Crippen molar-refractivity contribution in [2.24, 2.45) is 5.92 Å². The molecule has 0 aromatic carbocycles. The van der Waals surface area contributed by atoms with Crippen LogP contribution in [0.5, 0.6) is 0 Å². The molecule has 0 aromatic rings. The molecule has 0 saturated carbocycles. The summed E-state index contributed by atoms with van der Waals surface area (Å²) >= 11 is 0. The van der Waals surface area contributed by atoms with E-state index in [-0.39, 0.29) is 31.3 Å². The molecule has 0 aliphatic carbocycles. The standard InChI is InChI=1S/C44H78O6/c1-4-33-41(45)35-30-26-22-18-14-10-8-12-16-20-24-28-32-37-44(48)50-39-42(46)38-49-43(47)36-31-27-23-19-15-11-7-5-6-9-13-17-21-25-29-34-40(2)3/h8,12,14,18,20,24,26,30,40-42,45-46H,4-7,9-11,13,15-17,19,21-23,25,27-29,31-39H2,1-3H3/b12-8-,18-14-,24-20-,30-26-/t41?,42-/m1/s1. The van der Waals surface area contributed by atoms with Gasteiger partial charge in [-0.2, -0.15) is 0 Å². The maximum atomic E-state index is 12.0. The molecule has 0 radical (unpaired) electrons. The van der Waals surface area contributed by atoms with Crippen LogP contribution in [-0.2, 0) is 19.1 Å². The number of aliphatic hydroxyl groups excluding tert-OH is 2. The molecule has 0 heterocycles. The number of carbonyl (C=O) groups is 2. The highest BCUT2D eigenvalue weighted by atomic mass is 16.6. The first-order valence-corrected chi connectivity index (χ1v) is 20.6.